The van der Waals surface area contributed by atoms with Crippen molar-refractivity contribution in [1.82, 2.24) is 15.1 Å². The summed E-state index contributed by atoms with van der Waals surface area (Å²) in [5, 5.41) is 6.83. The molecular formula is C20H26BrF2N3O. The summed E-state index contributed by atoms with van der Waals surface area (Å²) in [6.07, 6.45) is -0.875. The van der Waals surface area contributed by atoms with Gasteiger partial charge >= 0.3 is 0 Å². The van der Waals surface area contributed by atoms with E-state index in [4.69, 9.17) is 0 Å². The third kappa shape index (κ3) is 5.15. The molecule has 148 valence electrons. The fraction of sp³-hybridized carbons (Fsp3) is 0.500. The molecule has 2 aromatic rings. The maximum Gasteiger partial charge on any atom is 0.283 e. The van der Waals surface area contributed by atoms with Gasteiger partial charge < -0.3 is 5.32 Å². The lowest BCUT2D eigenvalue weighted by molar-refractivity contribution is -0.122. The van der Waals surface area contributed by atoms with E-state index in [0.29, 0.717) is 11.6 Å². The van der Waals surface area contributed by atoms with Gasteiger partial charge in [-0.25, -0.2) is 8.78 Å². The van der Waals surface area contributed by atoms with E-state index in [9.17, 15) is 13.6 Å². The molecule has 0 spiro atoms. The zero-order valence-electron chi connectivity index (χ0n) is 16.1. The van der Waals surface area contributed by atoms with Crippen LogP contribution in [-0.2, 0) is 11.3 Å². The first-order chi connectivity index (χ1) is 12.8. The molecule has 0 radical (unpaired) electrons. The van der Waals surface area contributed by atoms with E-state index in [2.05, 4.69) is 52.3 Å². The minimum absolute atomic E-state index is 0.0986. The Morgan fingerprint density at radius 1 is 1.19 bits per heavy atom. The van der Waals surface area contributed by atoms with Crippen LogP contribution in [0.3, 0.4) is 0 Å². The lowest BCUT2D eigenvalue weighted by atomic mass is 9.95. The summed E-state index contributed by atoms with van der Waals surface area (Å²) in [5.74, 6) is 0.241. The van der Waals surface area contributed by atoms with E-state index >= 15 is 0 Å². The van der Waals surface area contributed by atoms with Crippen LogP contribution in [0, 0.1) is 6.92 Å². The maximum absolute atomic E-state index is 13.0. The molecule has 1 aromatic carbocycles. The summed E-state index contributed by atoms with van der Waals surface area (Å²) in [6.45, 7) is 7.90. The van der Waals surface area contributed by atoms with E-state index in [-0.39, 0.29) is 28.7 Å². The number of hydrogen-bond acceptors (Lipinski definition) is 2. The van der Waals surface area contributed by atoms with Crippen molar-refractivity contribution in [3.05, 3.63) is 51.3 Å². The Morgan fingerprint density at radius 3 is 2.26 bits per heavy atom. The SMILES string of the molecule is CCC(C)c1ccc(C(CC)NC(=O)Cn2nc(C(F)F)c(Br)c2C)cc1. The summed E-state index contributed by atoms with van der Waals surface area (Å²) in [5.41, 5.74) is 2.47. The highest BCUT2D eigenvalue weighted by Gasteiger charge is 2.22. The lowest BCUT2D eigenvalue weighted by Gasteiger charge is -2.19. The zero-order valence-corrected chi connectivity index (χ0v) is 17.7. The molecule has 0 aliphatic carbocycles. The van der Waals surface area contributed by atoms with E-state index in [1.165, 1.54) is 10.2 Å². The van der Waals surface area contributed by atoms with Crippen molar-refractivity contribution < 1.29 is 13.6 Å². The van der Waals surface area contributed by atoms with Crippen molar-refractivity contribution >= 4 is 21.8 Å². The molecule has 0 aliphatic heterocycles. The van der Waals surface area contributed by atoms with Crippen LogP contribution in [0.25, 0.3) is 0 Å². The minimum atomic E-state index is -2.69. The molecule has 7 heteroatoms. The fourth-order valence-electron chi connectivity index (χ4n) is 2.93. The Balaban J connectivity index is 2.08. The van der Waals surface area contributed by atoms with E-state index in [1.807, 2.05) is 19.1 Å². The lowest BCUT2D eigenvalue weighted by Crippen LogP contribution is -2.32. The molecule has 0 aliphatic rings. The second kappa shape index (κ2) is 9.44. The van der Waals surface area contributed by atoms with E-state index < -0.39 is 6.43 Å². The van der Waals surface area contributed by atoms with E-state index in [1.54, 1.807) is 6.92 Å². The average molecular weight is 442 g/mol. The monoisotopic (exact) mass is 441 g/mol. The summed E-state index contributed by atoms with van der Waals surface area (Å²) in [4.78, 5) is 12.4. The Kier molecular flexibility index (Phi) is 7.53. The van der Waals surface area contributed by atoms with Gasteiger partial charge in [0.05, 0.1) is 16.2 Å². The van der Waals surface area contributed by atoms with Gasteiger partial charge in [0.25, 0.3) is 6.43 Å². The molecule has 4 nitrogen and oxygen atoms in total. The van der Waals surface area contributed by atoms with Crippen LogP contribution in [-0.4, -0.2) is 15.7 Å². The first-order valence-corrected chi connectivity index (χ1v) is 9.97. The number of nitrogens with one attached hydrogen (secondary N) is 1. The minimum Gasteiger partial charge on any atom is -0.348 e. The number of carbonyl (C=O) groups is 1. The standard InChI is InChI=1S/C20H26BrF2N3O/c1-5-12(3)14-7-9-15(10-8-14)16(6-2)24-17(27)11-26-13(4)18(21)19(25-26)20(22)23/h7-10,12,16,20H,5-6,11H2,1-4H3,(H,24,27). The zero-order chi connectivity index (χ0) is 20.1. The summed E-state index contributed by atoms with van der Waals surface area (Å²) in [7, 11) is 0. The molecule has 1 aromatic heterocycles. The quantitative estimate of drug-likeness (QED) is 0.573. The number of nitrogens with zero attached hydrogens (tertiary/aromatic N) is 2. The first-order valence-electron chi connectivity index (χ1n) is 9.18. The second-order valence-electron chi connectivity index (χ2n) is 6.75. The third-order valence-electron chi connectivity index (χ3n) is 4.92. The highest BCUT2D eigenvalue weighted by molar-refractivity contribution is 9.10. The number of benzene rings is 1. The van der Waals surface area contributed by atoms with Crippen LogP contribution >= 0.6 is 15.9 Å². The topological polar surface area (TPSA) is 46.9 Å². The van der Waals surface area contributed by atoms with Gasteiger partial charge in [-0.05, 0) is 52.7 Å². The van der Waals surface area contributed by atoms with Gasteiger partial charge in [0.1, 0.15) is 12.2 Å². The van der Waals surface area contributed by atoms with E-state index in [0.717, 1.165) is 18.4 Å². The number of carbonyl (C=O) groups excluding carboxylic acids is 1. The molecule has 2 rings (SSSR count). The van der Waals surface area contributed by atoms with Crippen LogP contribution in [0.4, 0.5) is 8.78 Å². The van der Waals surface area contributed by atoms with Crippen molar-refractivity contribution in [3.8, 4) is 0 Å². The van der Waals surface area contributed by atoms with Crippen LogP contribution < -0.4 is 5.32 Å². The Morgan fingerprint density at radius 2 is 1.78 bits per heavy atom. The second-order valence-corrected chi connectivity index (χ2v) is 7.54. The molecular weight excluding hydrogens is 416 g/mol. The van der Waals surface area contributed by atoms with Crippen molar-refractivity contribution in [3.63, 3.8) is 0 Å². The van der Waals surface area contributed by atoms with Gasteiger partial charge in [-0.1, -0.05) is 45.0 Å². The number of hydrogen-bond donors (Lipinski definition) is 1. The van der Waals surface area contributed by atoms with Crippen LogP contribution in [0.5, 0.6) is 0 Å². The molecule has 2 atom stereocenters. The number of halogens is 3. The van der Waals surface area contributed by atoms with Gasteiger partial charge in [0, 0.05) is 0 Å². The predicted molar refractivity (Wildman–Crippen MR) is 106 cm³/mol. The molecule has 0 fully saturated rings. The third-order valence-corrected chi connectivity index (χ3v) is 5.90. The summed E-state index contributed by atoms with van der Waals surface area (Å²) in [6, 6.07) is 8.16. The predicted octanol–water partition coefficient (Wildman–Crippen LogP) is 5.67. The van der Waals surface area contributed by atoms with Crippen molar-refractivity contribution in [2.75, 3.05) is 0 Å². The highest BCUT2D eigenvalue weighted by Crippen LogP contribution is 2.29. The maximum atomic E-state index is 13.0. The highest BCUT2D eigenvalue weighted by atomic mass is 79.9. The molecule has 1 heterocycles. The number of aromatic nitrogens is 2. The van der Waals surface area contributed by atoms with Gasteiger partial charge in [-0.15, -0.1) is 0 Å². The largest absolute Gasteiger partial charge is 0.348 e. The van der Waals surface area contributed by atoms with Crippen LogP contribution in [0.1, 0.15) is 74.5 Å². The normalized spacial score (nSPS) is 13.6. The molecule has 27 heavy (non-hydrogen) atoms. The van der Waals surface area contributed by atoms with Gasteiger partial charge in [0.15, 0.2) is 0 Å². The van der Waals surface area contributed by atoms with Crippen LogP contribution in [0.2, 0.25) is 0 Å². The Labute approximate surface area is 167 Å². The summed E-state index contributed by atoms with van der Waals surface area (Å²) < 4.78 is 27.5. The van der Waals surface area contributed by atoms with Gasteiger partial charge in [-0.3, -0.25) is 9.48 Å². The number of rotatable bonds is 8. The Bertz CT molecular complexity index is 774. The van der Waals surface area contributed by atoms with Gasteiger partial charge in [-0.2, -0.15) is 5.10 Å². The van der Waals surface area contributed by atoms with Crippen molar-refractivity contribution in [2.24, 2.45) is 0 Å². The average Bonchev–Trinajstić information content (AvgIpc) is 2.94. The van der Waals surface area contributed by atoms with Gasteiger partial charge in [0.2, 0.25) is 5.91 Å². The fourth-order valence-corrected chi connectivity index (χ4v) is 3.39. The molecule has 1 N–H and O–H groups in total. The molecule has 0 saturated carbocycles. The summed E-state index contributed by atoms with van der Waals surface area (Å²) >= 11 is 3.12. The number of amides is 1. The molecule has 1 amide bonds. The molecule has 0 bridgehead atoms. The van der Waals surface area contributed by atoms with Crippen molar-refractivity contribution in [2.45, 2.75) is 65.5 Å². The first kappa shape index (κ1) is 21.5. The van der Waals surface area contributed by atoms with Crippen molar-refractivity contribution in [1.29, 1.82) is 0 Å². The molecule has 0 saturated heterocycles. The number of alkyl halides is 2. The smallest absolute Gasteiger partial charge is 0.283 e. The van der Waals surface area contributed by atoms with Crippen LogP contribution in [0.15, 0.2) is 28.7 Å². The molecule has 2 unspecified atom stereocenters. The Hall–Kier alpha value is -1.76.